The summed E-state index contributed by atoms with van der Waals surface area (Å²) >= 11 is 0. The van der Waals surface area contributed by atoms with Crippen molar-refractivity contribution < 1.29 is 10.1 Å². The van der Waals surface area contributed by atoms with Crippen molar-refractivity contribution in [2.24, 2.45) is 5.10 Å². The predicted octanol–water partition coefficient (Wildman–Crippen LogP) is -1.57. The Morgan fingerprint density at radius 3 is 2.62 bits per heavy atom. The smallest absolute Gasteiger partial charge is 0.263 e. The summed E-state index contributed by atoms with van der Waals surface area (Å²) in [6.07, 6.45) is 0. The fraction of sp³-hybridized carbons (Fsp3) is 0. The van der Waals surface area contributed by atoms with Gasteiger partial charge in [0.1, 0.15) is 5.10 Å². The molecule has 1 heterocycles. The van der Waals surface area contributed by atoms with E-state index in [4.69, 9.17) is 0 Å². The molecule has 11 nitrogen and oxygen atoms in total. The maximum atomic E-state index is 9.86. The molecule has 0 aromatic carbocycles. The first-order valence-corrected chi connectivity index (χ1v) is 2.82. The molecule has 0 atom stereocenters. The first-order chi connectivity index (χ1) is 6.08. The topological polar surface area (TPSA) is 155 Å². The quantitative estimate of drug-likeness (QED) is 0.385. The summed E-state index contributed by atoms with van der Waals surface area (Å²) in [4.78, 5) is 23.0. The van der Waals surface area contributed by atoms with Crippen LogP contribution in [-0.2, 0) is 0 Å². The number of aromatic nitrogens is 3. The second-order valence-electron chi connectivity index (χ2n) is 1.74. The molecule has 13 heavy (non-hydrogen) atoms. The number of nitrogens with one attached hydrogen (secondary N) is 3. The fourth-order valence-corrected chi connectivity index (χ4v) is 0.541. The molecule has 0 radical (unpaired) electrons. The van der Waals surface area contributed by atoms with E-state index in [9.17, 15) is 20.2 Å². The molecule has 0 bridgehead atoms. The molecule has 0 saturated heterocycles. The lowest BCUT2D eigenvalue weighted by Gasteiger charge is -1.85. The third-order valence-electron chi connectivity index (χ3n) is 0.884. The SMILES string of the molecule is O=[N+]([O-])N=c1nc(N[N+](=O)[O-])[nH][nH]1. The average molecular weight is 189 g/mol. The van der Waals surface area contributed by atoms with Crippen LogP contribution in [0.5, 0.6) is 0 Å². The van der Waals surface area contributed by atoms with Gasteiger partial charge in [-0.1, -0.05) is 5.43 Å². The first-order valence-electron chi connectivity index (χ1n) is 2.82. The van der Waals surface area contributed by atoms with Crippen LogP contribution in [0, 0.1) is 20.2 Å². The standard InChI is InChI=1S/C2H3N7O4/c10-8(11)6-1-3-2(5-4-1)7-9(12)13/h(H3,3,4,5,6,7). The van der Waals surface area contributed by atoms with Gasteiger partial charge < -0.3 is 0 Å². The van der Waals surface area contributed by atoms with Crippen molar-refractivity contribution in [2.75, 3.05) is 5.43 Å². The molecule has 0 aliphatic heterocycles. The number of anilines is 1. The minimum atomic E-state index is -0.984. The normalized spacial score (nSPS) is 11.2. The van der Waals surface area contributed by atoms with Gasteiger partial charge in [-0.3, -0.25) is 10.2 Å². The molecule has 0 fully saturated rings. The van der Waals surface area contributed by atoms with Gasteiger partial charge in [-0.25, -0.2) is 20.2 Å². The molecule has 70 valence electrons. The Morgan fingerprint density at radius 1 is 1.38 bits per heavy atom. The lowest BCUT2D eigenvalue weighted by Crippen LogP contribution is -2.12. The largest absolute Gasteiger partial charge is 0.317 e. The van der Waals surface area contributed by atoms with Crippen molar-refractivity contribution in [3.8, 4) is 0 Å². The van der Waals surface area contributed by atoms with Crippen LogP contribution in [0.4, 0.5) is 5.95 Å². The van der Waals surface area contributed by atoms with E-state index in [0.29, 0.717) is 0 Å². The van der Waals surface area contributed by atoms with Crippen LogP contribution < -0.4 is 11.0 Å². The van der Waals surface area contributed by atoms with Crippen LogP contribution >= 0.6 is 0 Å². The number of hydrogen-bond acceptors (Lipinski definition) is 5. The molecule has 0 spiro atoms. The maximum absolute atomic E-state index is 9.86. The summed E-state index contributed by atoms with van der Waals surface area (Å²) in [5.41, 5.74) is 1.27. The number of H-pyrrole nitrogens is 2. The summed E-state index contributed by atoms with van der Waals surface area (Å²) < 4.78 is 0. The van der Waals surface area contributed by atoms with Gasteiger partial charge in [0, 0.05) is 0 Å². The van der Waals surface area contributed by atoms with E-state index in [0.717, 1.165) is 0 Å². The van der Waals surface area contributed by atoms with Gasteiger partial charge in [0.25, 0.3) is 5.95 Å². The first kappa shape index (κ1) is 8.63. The monoisotopic (exact) mass is 189 g/mol. The van der Waals surface area contributed by atoms with Crippen LogP contribution in [0.25, 0.3) is 0 Å². The van der Waals surface area contributed by atoms with Crippen LogP contribution in [-0.4, -0.2) is 25.2 Å². The van der Waals surface area contributed by atoms with Crippen LogP contribution in [0.15, 0.2) is 5.10 Å². The van der Waals surface area contributed by atoms with Gasteiger partial charge in [-0.15, -0.1) is 0 Å². The summed E-state index contributed by atoms with van der Waals surface area (Å²) in [6.45, 7) is 0. The highest BCUT2D eigenvalue weighted by molar-refractivity contribution is 5.14. The number of nitro groups is 2. The van der Waals surface area contributed by atoms with E-state index in [1.807, 2.05) is 0 Å². The number of nitrogens with zero attached hydrogens (tertiary/aromatic N) is 4. The Hall–Kier alpha value is -2.46. The van der Waals surface area contributed by atoms with E-state index in [1.54, 1.807) is 5.43 Å². The molecule has 0 aliphatic carbocycles. The molecule has 0 unspecified atom stereocenters. The molecule has 1 aromatic heterocycles. The van der Waals surface area contributed by atoms with Gasteiger partial charge in [0.2, 0.25) is 0 Å². The van der Waals surface area contributed by atoms with E-state index in [1.165, 1.54) is 0 Å². The van der Waals surface area contributed by atoms with Crippen molar-refractivity contribution in [3.63, 3.8) is 0 Å². The van der Waals surface area contributed by atoms with Gasteiger partial charge in [-0.2, -0.15) is 4.98 Å². The van der Waals surface area contributed by atoms with Crippen molar-refractivity contribution >= 4 is 5.95 Å². The average Bonchev–Trinajstić information content (AvgIpc) is 2.33. The third kappa shape index (κ3) is 2.57. The molecular weight excluding hydrogens is 186 g/mol. The molecule has 0 aliphatic rings. The minimum absolute atomic E-state index is 0.273. The Kier molecular flexibility index (Phi) is 2.19. The lowest BCUT2D eigenvalue weighted by atomic mass is 11.1. The Labute approximate surface area is 68.7 Å². The van der Waals surface area contributed by atoms with E-state index in [-0.39, 0.29) is 11.6 Å². The molecule has 1 aromatic rings. The number of hydrazine groups is 1. The van der Waals surface area contributed by atoms with E-state index >= 15 is 0 Å². The Morgan fingerprint density at radius 2 is 2.08 bits per heavy atom. The zero-order valence-electron chi connectivity index (χ0n) is 5.92. The molecule has 1 rings (SSSR count). The summed E-state index contributed by atoms with van der Waals surface area (Å²) in [5.74, 6) is -0.273. The summed E-state index contributed by atoms with van der Waals surface area (Å²) in [5, 5.41) is 24.8. The van der Waals surface area contributed by atoms with Crippen molar-refractivity contribution in [1.29, 1.82) is 0 Å². The number of rotatable bonds is 3. The van der Waals surface area contributed by atoms with Gasteiger partial charge in [-0.05, 0) is 0 Å². The molecule has 0 amide bonds. The molecular formula is C2H3N7O4. The van der Waals surface area contributed by atoms with E-state index < -0.39 is 10.1 Å². The Balaban J connectivity index is 2.86. The number of hydrogen-bond donors (Lipinski definition) is 3. The summed E-state index contributed by atoms with van der Waals surface area (Å²) in [6, 6.07) is 0. The summed E-state index contributed by atoms with van der Waals surface area (Å²) in [7, 11) is 0. The fourth-order valence-electron chi connectivity index (χ4n) is 0.541. The highest BCUT2D eigenvalue weighted by Crippen LogP contribution is 1.86. The van der Waals surface area contributed by atoms with Crippen LogP contribution in [0.3, 0.4) is 0 Å². The highest BCUT2D eigenvalue weighted by Gasteiger charge is 2.03. The molecule has 11 heteroatoms. The lowest BCUT2D eigenvalue weighted by molar-refractivity contribution is -0.491. The van der Waals surface area contributed by atoms with Gasteiger partial charge in [0.15, 0.2) is 10.1 Å². The zero-order valence-corrected chi connectivity index (χ0v) is 5.92. The Bertz CT molecular complexity index is 387. The maximum Gasteiger partial charge on any atom is 0.317 e. The zero-order chi connectivity index (χ0) is 9.84. The van der Waals surface area contributed by atoms with Crippen LogP contribution in [0.2, 0.25) is 0 Å². The highest BCUT2D eigenvalue weighted by atomic mass is 16.7. The second kappa shape index (κ2) is 3.29. The second-order valence-corrected chi connectivity index (χ2v) is 1.74. The van der Waals surface area contributed by atoms with Crippen LogP contribution in [0.1, 0.15) is 0 Å². The molecule has 0 saturated carbocycles. The van der Waals surface area contributed by atoms with Gasteiger partial charge in [0.05, 0.1) is 0 Å². The third-order valence-corrected chi connectivity index (χ3v) is 0.884. The number of aromatic amines is 2. The molecule has 3 N–H and O–H groups in total. The van der Waals surface area contributed by atoms with Crippen molar-refractivity contribution in [3.05, 3.63) is 25.8 Å². The van der Waals surface area contributed by atoms with Gasteiger partial charge >= 0.3 is 5.62 Å². The van der Waals surface area contributed by atoms with Crippen molar-refractivity contribution in [2.45, 2.75) is 0 Å². The minimum Gasteiger partial charge on any atom is -0.263 e. The van der Waals surface area contributed by atoms with Crippen molar-refractivity contribution in [1.82, 2.24) is 15.2 Å². The predicted molar refractivity (Wildman–Crippen MR) is 36.1 cm³/mol. The van der Waals surface area contributed by atoms with E-state index in [2.05, 4.69) is 20.3 Å².